The predicted molar refractivity (Wildman–Crippen MR) is 60.4 cm³/mol. The second kappa shape index (κ2) is 5.47. The Morgan fingerprint density at radius 1 is 1.56 bits per heavy atom. The van der Waals surface area contributed by atoms with E-state index in [9.17, 15) is 4.39 Å². The van der Waals surface area contributed by atoms with Gasteiger partial charge in [0.2, 0.25) is 0 Å². The van der Waals surface area contributed by atoms with Gasteiger partial charge in [-0.05, 0) is 24.6 Å². The zero-order valence-electron chi connectivity index (χ0n) is 9.44. The number of benzene rings is 1. The molecule has 0 amide bonds. The zero-order valence-corrected chi connectivity index (χ0v) is 9.44. The zero-order chi connectivity index (χ0) is 12.1. The Kier molecular flexibility index (Phi) is 4.27. The van der Waals surface area contributed by atoms with Crippen molar-refractivity contribution in [1.82, 2.24) is 0 Å². The molecule has 0 aromatic heterocycles. The monoisotopic (exact) mass is 222 g/mol. The molecule has 0 aliphatic heterocycles. The molecule has 0 radical (unpaired) electrons. The van der Waals surface area contributed by atoms with Crippen molar-refractivity contribution >= 4 is 5.69 Å². The molecule has 0 aliphatic rings. The Hall–Kier alpha value is -1.60. The van der Waals surface area contributed by atoms with Gasteiger partial charge < -0.3 is 10.0 Å². The number of aliphatic hydroxyl groups is 1. The van der Waals surface area contributed by atoms with E-state index in [-0.39, 0.29) is 18.3 Å². The minimum atomic E-state index is -0.376. The lowest BCUT2D eigenvalue weighted by Gasteiger charge is -2.21. The summed E-state index contributed by atoms with van der Waals surface area (Å²) in [7, 11) is 1.74. The van der Waals surface area contributed by atoms with E-state index >= 15 is 0 Å². The van der Waals surface area contributed by atoms with Crippen LogP contribution in [0.25, 0.3) is 0 Å². The normalized spacial score (nSPS) is 11.9. The van der Waals surface area contributed by atoms with Crippen molar-refractivity contribution in [3.05, 3.63) is 29.6 Å². The number of anilines is 1. The van der Waals surface area contributed by atoms with E-state index in [1.165, 1.54) is 6.07 Å². The molecule has 0 saturated heterocycles. The standard InChI is InChI=1S/C12H15FN2O/c1-9(6-14)7-15(2)12-4-3-10(8-16)5-11(12)13/h3-5,9,16H,7-8H2,1-2H3. The van der Waals surface area contributed by atoms with Crippen molar-refractivity contribution in [3.8, 4) is 6.07 Å². The number of hydrogen-bond donors (Lipinski definition) is 1. The highest BCUT2D eigenvalue weighted by molar-refractivity contribution is 5.48. The Balaban J connectivity index is 2.84. The molecular weight excluding hydrogens is 207 g/mol. The quantitative estimate of drug-likeness (QED) is 0.846. The Morgan fingerprint density at radius 3 is 2.75 bits per heavy atom. The van der Waals surface area contributed by atoms with Crippen LogP contribution < -0.4 is 4.90 Å². The maximum Gasteiger partial charge on any atom is 0.146 e. The van der Waals surface area contributed by atoms with Crippen LogP contribution >= 0.6 is 0 Å². The van der Waals surface area contributed by atoms with Crippen LogP contribution in [-0.4, -0.2) is 18.7 Å². The molecule has 1 N–H and O–H groups in total. The topological polar surface area (TPSA) is 47.3 Å². The van der Waals surface area contributed by atoms with Crippen molar-refractivity contribution < 1.29 is 9.50 Å². The summed E-state index contributed by atoms with van der Waals surface area (Å²) in [4.78, 5) is 1.70. The van der Waals surface area contributed by atoms with Crippen LogP contribution in [0.2, 0.25) is 0 Å². The largest absolute Gasteiger partial charge is 0.392 e. The van der Waals surface area contributed by atoms with E-state index in [1.807, 2.05) is 0 Å². The Bertz CT molecular complexity index is 400. The molecule has 0 bridgehead atoms. The van der Waals surface area contributed by atoms with Gasteiger partial charge in [0.1, 0.15) is 5.82 Å². The molecule has 0 fully saturated rings. The summed E-state index contributed by atoms with van der Waals surface area (Å²) in [5, 5.41) is 17.5. The third kappa shape index (κ3) is 2.94. The van der Waals surface area contributed by atoms with Crippen molar-refractivity contribution in [2.75, 3.05) is 18.5 Å². The highest BCUT2D eigenvalue weighted by Gasteiger charge is 2.10. The lowest BCUT2D eigenvalue weighted by molar-refractivity contribution is 0.281. The Morgan fingerprint density at radius 2 is 2.25 bits per heavy atom. The average Bonchev–Trinajstić information content (AvgIpc) is 2.28. The van der Waals surface area contributed by atoms with Gasteiger partial charge >= 0.3 is 0 Å². The average molecular weight is 222 g/mol. The highest BCUT2D eigenvalue weighted by Crippen LogP contribution is 2.20. The Labute approximate surface area is 94.7 Å². The van der Waals surface area contributed by atoms with Gasteiger partial charge in [-0.25, -0.2) is 4.39 Å². The molecule has 1 rings (SSSR count). The lowest BCUT2D eigenvalue weighted by Crippen LogP contribution is -2.24. The molecule has 16 heavy (non-hydrogen) atoms. The number of halogens is 1. The fourth-order valence-electron chi connectivity index (χ4n) is 1.51. The summed E-state index contributed by atoms with van der Waals surface area (Å²) in [6, 6.07) is 6.70. The summed E-state index contributed by atoms with van der Waals surface area (Å²) in [5.74, 6) is -0.527. The molecule has 1 aromatic rings. The van der Waals surface area contributed by atoms with Gasteiger partial charge in [-0.1, -0.05) is 6.07 Å². The SMILES string of the molecule is CC(C#N)CN(C)c1ccc(CO)cc1F. The predicted octanol–water partition coefficient (Wildman–Crippen LogP) is 1.91. The van der Waals surface area contributed by atoms with Crippen molar-refractivity contribution in [3.63, 3.8) is 0 Å². The number of nitriles is 1. The second-order valence-corrected chi connectivity index (χ2v) is 3.85. The van der Waals surface area contributed by atoms with E-state index in [1.54, 1.807) is 31.0 Å². The molecular formula is C12H15FN2O. The third-order valence-electron chi connectivity index (χ3n) is 2.37. The van der Waals surface area contributed by atoms with Gasteiger partial charge in [0.15, 0.2) is 0 Å². The highest BCUT2D eigenvalue weighted by atomic mass is 19.1. The van der Waals surface area contributed by atoms with Crippen molar-refractivity contribution in [2.45, 2.75) is 13.5 Å². The van der Waals surface area contributed by atoms with E-state index in [0.717, 1.165) is 0 Å². The summed E-state index contributed by atoms with van der Waals surface area (Å²) in [6.45, 7) is 2.10. The number of aliphatic hydroxyl groups excluding tert-OH is 1. The molecule has 0 saturated carbocycles. The summed E-state index contributed by atoms with van der Waals surface area (Å²) < 4.78 is 13.6. The first-order chi connectivity index (χ1) is 7.58. The summed E-state index contributed by atoms with van der Waals surface area (Å²) in [5.41, 5.74) is 0.988. The van der Waals surface area contributed by atoms with Gasteiger partial charge in [0, 0.05) is 13.6 Å². The molecule has 86 valence electrons. The van der Waals surface area contributed by atoms with E-state index < -0.39 is 0 Å². The lowest BCUT2D eigenvalue weighted by atomic mass is 10.1. The molecule has 0 heterocycles. The smallest absolute Gasteiger partial charge is 0.146 e. The van der Waals surface area contributed by atoms with E-state index in [4.69, 9.17) is 10.4 Å². The first kappa shape index (κ1) is 12.5. The van der Waals surface area contributed by atoms with Crippen LogP contribution in [0.15, 0.2) is 18.2 Å². The van der Waals surface area contributed by atoms with Gasteiger partial charge in [0.05, 0.1) is 24.3 Å². The van der Waals surface area contributed by atoms with Crippen LogP contribution in [0.1, 0.15) is 12.5 Å². The first-order valence-corrected chi connectivity index (χ1v) is 5.08. The molecule has 0 aliphatic carbocycles. The van der Waals surface area contributed by atoms with Crippen molar-refractivity contribution in [2.24, 2.45) is 5.92 Å². The minimum Gasteiger partial charge on any atom is -0.392 e. The van der Waals surface area contributed by atoms with Gasteiger partial charge in [-0.15, -0.1) is 0 Å². The number of nitrogens with zero attached hydrogens (tertiary/aromatic N) is 2. The van der Waals surface area contributed by atoms with Crippen molar-refractivity contribution in [1.29, 1.82) is 5.26 Å². The maximum atomic E-state index is 13.6. The van der Waals surface area contributed by atoms with Gasteiger partial charge in [0.25, 0.3) is 0 Å². The minimum absolute atomic E-state index is 0.151. The molecule has 3 nitrogen and oxygen atoms in total. The number of hydrogen-bond acceptors (Lipinski definition) is 3. The first-order valence-electron chi connectivity index (χ1n) is 5.08. The van der Waals surface area contributed by atoms with Crippen LogP contribution in [-0.2, 0) is 6.61 Å². The van der Waals surface area contributed by atoms with Gasteiger partial charge in [-0.2, -0.15) is 5.26 Å². The molecule has 4 heteroatoms. The fourth-order valence-corrected chi connectivity index (χ4v) is 1.51. The molecule has 1 atom stereocenters. The fraction of sp³-hybridized carbons (Fsp3) is 0.417. The van der Waals surface area contributed by atoms with E-state index in [0.29, 0.717) is 17.8 Å². The summed E-state index contributed by atoms with van der Waals surface area (Å²) in [6.07, 6.45) is 0. The number of rotatable bonds is 4. The van der Waals surface area contributed by atoms with E-state index in [2.05, 4.69) is 6.07 Å². The summed E-state index contributed by atoms with van der Waals surface area (Å²) >= 11 is 0. The second-order valence-electron chi connectivity index (χ2n) is 3.85. The van der Waals surface area contributed by atoms with Crippen LogP contribution in [0.3, 0.4) is 0 Å². The van der Waals surface area contributed by atoms with Gasteiger partial charge in [-0.3, -0.25) is 0 Å². The molecule has 1 unspecified atom stereocenters. The molecule has 1 aromatic carbocycles. The van der Waals surface area contributed by atoms with Crippen LogP contribution in [0, 0.1) is 23.1 Å². The van der Waals surface area contributed by atoms with Crippen LogP contribution in [0.4, 0.5) is 10.1 Å². The third-order valence-corrected chi connectivity index (χ3v) is 2.37. The van der Waals surface area contributed by atoms with Crippen LogP contribution in [0.5, 0.6) is 0 Å². The molecule has 0 spiro atoms. The maximum absolute atomic E-state index is 13.6.